The predicted molar refractivity (Wildman–Crippen MR) is 36.5 cm³/mol. The van der Waals surface area contributed by atoms with Gasteiger partial charge in [-0.1, -0.05) is 6.58 Å². The highest BCUT2D eigenvalue weighted by atomic mass is 16.5. The lowest BCUT2D eigenvalue weighted by Crippen LogP contribution is -2.31. The van der Waals surface area contributed by atoms with Crippen LogP contribution in [0, 0.1) is 5.21 Å². The smallest absolute Gasteiger partial charge is 0.0964 e. The van der Waals surface area contributed by atoms with Crippen LogP contribution < -0.4 is 5.90 Å². The largest absolute Gasteiger partial charge is 0.633 e. The molecule has 3 N–H and O–H groups in total. The van der Waals surface area contributed by atoms with Gasteiger partial charge in [-0.25, -0.2) is 5.90 Å². The molecular weight excluding hydrogens is 120 g/mol. The van der Waals surface area contributed by atoms with Crippen LogP contribution in [0.5, 0.6) is 0 Å². The summed E-state index contributed by atoms with van der Waals surface area (Å²) in [5.41, 5.74) is 0. The monoisotopic (exact) mass is 134 g/mol. The summed E-state index contributed by atoms with van der Waals surface area (Å²) in [6.45, 7) is 3.92. The average Bonchev–Trinajstić information content (AvgIpc) is 1.69. The summed E-state index contributed by atoms with van der Waals surface area (Å²) < 4.78 is -0.274. The summed E-state index contributed by atoms with van der Waals surface area (Å²) in [5.74, 6) is 3.50. The van der Waals surface area contributed by atoms with Crippen LogP contribution in [0.25, 0.3) is 0 Å². The van der Waals surface area contributed by atoms with E-state index in [0.29, 0.717) is 6.54 Å². The minimum absolute atomic E-state index is 0.274. The average molecular weight is 134 g/mol. The molecule has 0 amide bonds. The first-order chi connectivity index (χ1) is 4.06. The first-order valence-corrected chi connectivity index (χ1v) is 2.47. The van der Waals surface area contributed by atoms with Gasteiger partial charge in [0.15, 0.2) is 0 Å². The number of hydroxylamine groups is 3. The van der Waals surface area contributed by atoms with Crippen molar-refractivity contribution in [2.75, 3.05) is 20.6 Å². The molecule has 0 radical (unpaired) electrons. The van der Waals surface area contributed by atoms with Gasteiger partial charge in [-0.2, -0.15) is 0 Å². The van der Waals surface area contributed by atoms with E-state index in [4.69, 9.17) is 5.21 Å². The Morgan fingerprint density at radius 3 is 2.00 bits per heavy atom. The first-order valence-electron chi connectivity index (χ1n) is 2.47. The maximum absolute atomic E-state index is 10.6. The summed E-state index contributed by atoms with van der Waals surface area (Å²) in [7, 11) is 3.17. The molecule has 0 unspecified atom stereocenters. The van der Waals surface area contributed by atoms with Gasteiger partial charge in [-0.15, -0.1) is 0 Å². The molecule has 0 saturated carbocycles. The van der Waals surface area contributed by atoms with Crippen LogP contribution >= 0.6 is 0 Å². The third kappa shape index (κ3) is 18.4. The molecule has 0 aliphatic rings. The maximum Gasteiger partial charge on any atom is 0.0964 e. The van der Waals surface area contributed by atoms with Crippen LogP contribution in [0.1, 0.15) is 0 Å². The van der Waals surface area contributed by atoms with Crippen molar-refractivity contribution >= 4 is 0 Å². The molecule has 4 heteroatoms. The molecule has 0 aliphatic heterocycles. The Kier molecular flexibility index (Phi) is 7.23. The number of hydrogen-bond donors (Lipinski definition) is 2. The van der Waals surface area contributed by atoms with Gasteiger partial charge in [0, 0.05) is 0 Å². The highest BCUT2D eigenvalue weighted by molar-refractivity contribution is 4.64. The van der Waals surface area contributed by atoms with E-state index in [1.54, 1.807) is 20.2 Å². The Morgan fingerprint density at radius 1 is 1.67 bits per heavy atom. The van der Waals surface area contributed by atoms with Gasteiger partial charge < -0.3 is 15.1 Å². The third-order valence-electron chi connectivity index (χ3n) is 0.569. The minimum atomic E-state index is -0.274. The number of nitrogens with two attached hydrogens (primary N) is 1. The minimum Gasteiger partial charge on any atom is -0.633 e. The molecule has 0 fully saturated rings. The lowest BCUT2D eigenvalue weighted by atomic mass is 10.6. The van der Waals surface area contributed by atoms with E-state index in [9.17, 15) is 5.21 Å². The third-order valence-corrected chi connectivity index (χ3v) is 0.569. The Bertz CT molecular complexity index is 67.8. The summed E-state index contributed by atoms with van der Waals surface area (Å²) in [6.07, 6.45) is 1.62. The van der Waals surface area contributed by atoms with Gasteiger partial charge in [-0.05, 0) is 6.08 Å². The van der Waals surface area contributed by atoms with Crippen molar-refractivity contribution < 1.29 is 9.85 Å². The molecule has 0 aromatic rings. The fraction of sp³-hybridized carbons (Fsp3) is 0.600. The van der Waals surface area contributed by atoms with Gasteiger partial charge in [-0.3, -0.25) is 0 Å². The fourth-order valence-corrected chi connectivity index (χ4v) is 0.311. The standard InChI is InChI=1S/C5H11NO.H3NO/c1-4-5-6(2,3)7;1-2/h4H,1,5H2,2-3H3;2H,1H2. The Balaban J connectivity index is 0. The second-order valence-electron chi connectivity index (χ2n) is 2.05. The highest BCUT2D eigenvalue weighted by Crippen LogP contribution is 1.88. The van der Waals surface area contributed by atoms with Crippen LogP contribution in [0.4, 0.5) is 0 Å². The SMILES string of the molecule is C=CC[N+](C)(C)[O-].NO. The lowest BCUT2D eigenvalue weighted by molar-refractivity contribution is -0.833. The van der Waals surface area contributed by atoms with E-state index in [2.05, 4.69) is 12.5 Å². The molecule has 0 spiro atoms. The zero-order chi connectivity index (χ0) is 7.91. The molecule has 0 bridgehead atoms. The second kappa shape index (κ2) is 5.71. The Labute approximate surface area is 55.3 Å². The van der Waals surface area contributed by atoms with Crippen LogP contribution in [0.2, 0.25) is 0 Å². The van der Waals surface area contributed by atoms with E-state index in [1.807, 2.05) is 0 Å². The zero-order valence-electron chi connectivity index (χ0n) is 5.87. The molecular formula is C5H14N2O2. The van der Waals surface area contributed by atoms with E-state index in [0.717, 1.165) is 0 Å². The highest BCUT2D eigenvalue weighted by Gasteiger charge is 1.92. The van der Waals surface area contributed by atoms with Crippen molar-refractivity contribution in [1.82, 2.24) is 0 Å². The molecule has 0 aromatic heterocycles. The predicted octanol–water partition coefficient (Wildman–Crippen LogP) is 0.0809. The number of hydrogen-bond acceptors (Lipinski definition) is 3. The number of nitrogens with zero attached hydrogens (tertiary/aromatic N) is 1. The molecule has 0 rings (SSSR count). The van der Waals surface area contributed by atoms with Crippen molar-refractivity contribution in [2.45, 2.75) is 0 Å². The van der Waals surface area contributed by atoms with E-state index < -0.39 is 0 Å². The van der Waals surface area contributed by atoms with Crippen LogP contribution in [0.15, 0.2) is 12.7 Å². The van der Waals surface area contributed by atoms with Gasteiger partial charge in [0.25, 0.3) is 0 Å². The summed E-state index contributed by atoms with van der Waals surface area (Å²) in [6, 6.07) is 0. The fourth-order valence-electron chi connectivity index (χ4n) is 0.311. The van der Waals surface area contributed by atoms with Gasteiger partial charge >= 0.3 is 0 Å². The zero-order valence-corrected chi connectivity index (χ0v) is 5.87. The Hall–Kier alpha value is -0.420. The van der Waals surface area contributed by atoms with Crippen molar-refractivity contribution in [1.29, 1.82) is 0 Å². The molecule has 0 aliphatic carbocycles. The van der Waals surface area contributed by atoms with E-state index >= 15 is 0 Å². The number of quaternary nitrogens is 1. The number of likely N-dealkylation sites (N-methyl/N-ethyl adjacent to an activating group) is 1. The first kappa shape index (κ1) is 11.4. The number of rotatable bonds is 2. The van der Waals surface area contributed by atoms with Crippen LogP contribution in [-0.4, -0.2) is 30.5 Å². The van der Waals surface area contributed by atoms with Gasteiger partial charge in [0.1, 0.15) is 0 Å². The van der Waals surface area contributed by atoms with Gasteiger partial charge in [0.05, 0.1) is 20.6 Å². The lowest BCUT2D eigenvalue weighted by Gasteiger charge is -2.31. The van der Waals surface area contributed by atoms with Crippen molar-refractivity contribution in [3.05, 3.63) is 17.9 Å². The molecule has 0 aromatic carbocycles. The van der Waals surface area contributed by atoms with Gasteiger partial charge in [0.2, 0.25) is 0 Å². The summed E-state index contributed by atoms with van der Waals surface area (Å²) in [5, 5.41) is 17.1. The molecule has 4 nitrogen and oxygen atoms in total. The van der Waals surface area contributed by atoms with Crippen LogP contribution in [-0.2, 0) is 0 Å². The molecule has 0 saturated heterocycles. The Morgan fingerprint density at radius 2 is 2.00 bits per heavy atom. The summed E-state index contributed by atoms with van der Waals surface area (Å²) >= 11 is 0. The normalized spacial score (nSPS) is 9.44. The molecule has 0 atom stereocenters. The molecule has 0 heterocycles. The summed E-state index contributed by atoms with van der Waals surface area (Å²) in [4.78, 5) is 0. The van der Waals surface area contributed by atoms with Crippen molar-refractivity contribution in [2.24, 2.45) is 5.90 Å². The van der Waals surface area contributed by atoms with E-state index in [-0.39, 0.29) is 4.65 Å². The molecule has 9 heavy (non-hydrogen) atoms. The molecule has 56 valence electrons. The quantitative estimate of drug-likeness (QED) is 0.319. The topological polar surface area (TPSA) is 69.3 Å². The van der Waals surface area contributed by atoms with Crippen LogP contribution in [0.3, 0.4) is 0 Å². The van der Waals surface area contributed by atoms with E-state index in [1.165, 1.54) is 0 Å². The maximum atomic E-state index is 10.6. The second-order valence-corrected chi connectivity index (χ2v) is 2.05. The van der Waals surface area contributed by atoms with Crippen molar-refractivity contribution in [3.8, 4) is 0 Å². The van der Waals surface area contributed by atoms with Crippen molar-refractivity contribution in [3.63, 3.8) is 0 Å².